The Morgan fingerprint density at radius 3 is 2.00 bits per heavy atom. The predicted molar refractivity (Wildman–Crippen MR) is 105 cm³/mol. The summed E-state index contributed by atoms with van der Waals surface area (Å²) in [7, 11) is 0. The minimum absolute atomic E-state index is 0.178. The van der Waals surface area contributed by atoms with Crippen LogP contribution in [0.15, 0.2) is 48.5 Å². The van der Waals surface area contributed by atoms with Crippen molar-refractivity contribution in [1.29, 1.82) is 0 Å². The fourth-order valence-electron chi connectivity index (χ4n) is 2.93. The summed E-state index contributed by atoms with van der Waals surface area (Å²) in [6.07, 6.45) is -4.41. The lowest BCUT2D eigenvalue weighted by Gasteiger charge is -2.24. The van der Waals surface area contributed by atoms with E-state index in [4.69, 9.17) is 0 Å². The molecule has 0 saturated heterocycles. The van der Waals surface area contributed by atoms with Gasteiger partial charge in [-0.05, 0) is 49.1 Å². The van der Waals surface area contributed by atoms with E-state index in [0.29, 0.717) is 11.1 Å². The first kappa shape index (κ1) is 22.5. The third-order valence-corrected chi connectivity index (χ3v) is 4.72. The van der Waals surface area contributed by atoms with Crippen molar-refractivity contribution in [3.8, 4) is 0 Å². The molecule has 2 rings (SSSR count). The number of nitrogens with one attached hydrogen (secondary N) is 2. The zero-order valence-electron chi connectivity index (χ0n) is 16.8. The van der Waals surface area contributed by atoms with Gasteiger partial charge in [-0.3, -0.25) is 9.59 Å². The van der Waals surface area contributed by atoms with Crippen LogP contribution in [-0.4, -0.2) is 17.9 Å². The lowest BCUT2D eigenvalue weighted by molar-refractivity contribution is -0.137. The van der Waals surface area contributed by atoms with Gasteiger partial charge in [-0.25, -0.2) is 0 Å². The molecule has 0 bridgehead atoms. The number of rotatable bonds is 6. The summed E-state index contributed by atoms with van der Waals surface area (Å²) in [5, 5.41) is 5.53. The first-order valence-electron chi connectivity index (χ1n) is 9.34. The van der Waals surface area contributed by atoms with E-state index in [1.165, 1.54) is 12.1 Å². The van der Waals surface area contributed by atoms with Crippen LogP contribution < -0.4 is 10.6 Å². The average Bonchev–Trinajstić information content (AvgIpc) is 2.65. The topological polar surface area (TPSA) is 58.2 Å². The normalized spacial score (nSPS) is 13.7. The second-order valence-corrected chi connectivity index (χ2v) is 7.36. The van der Waals surface area contributed by atoms with E-state index in [9.17, 15) is 22.8 Å². The maximum Gasteiger partial charge on any atom is 0.416 e. The smallest absolute Gasteiger partial charge is 0.348 e. The molecule has 0 radical (unpaired) electrons. The number of hydrogen-bond acceptors (Lipinski definition) is 2. The third-order valence-electron chi connectivity index (χ3n) is 4.72. The highest BCUT2D eigenvalue weighted by Gasteiger charge is 2.30. The van der Waals surface area contributed by atoms with Gasteiger partial charge in [0.25, 0.3) is 5.91 Å². The number of hydrogen-bond donors (Lipinski definition) is 2. The van der Waals surface area contributed by atoms with Gasteiger partial charge in [-0.2, -0.15) is 13.2 Å². The first-order chi connectivity index (χ1) is 13.5. The lowest BCUT2D eigenvalue weighted by Crippen LogP contribution is -2.50. The zero-order chi connectivity index (χ0) is 21.8. The van der Waals surface area contributed by atoms with Crippen molar-refractivity contribution in [2.24, 2.45) is 5.92 Å². The number of benzene rings is 2. The van der Waals surface area contributed by atoms with E-state index in [1.54, 1.807) is 19.1 Å². The van der Waals surface area contributed by atoms with Gasteiger partial charge >= 0.3 is 6.18 Å². The molecule has 29 heavy (non-hydrogen) atoms. The molecular weight excluding hydrogens is 381 g/mol. The summed E-state index contributed by atoms with van der Waals surface area (Å²) in [6, 6.07) is 10.4. The molecule has 0 aliphatic heterocycles. The summed E-state index contributed by atoms with van der Waals surface area (Å²) in [6.45, 7) is 7.11. The van der Waals surface area contributed by atoms with Crippen molar-refractivity contribution in [3.63, 3.8) is 0 Å². The molecule has 7 heteroatoms. The molecule has 2 aromatic rings. The fraction of sp³-hybridized carbons (Fsp3) is 0.364. The molecule has 2 atom stereocenters. The van der Waals surface area contributed by atoms with Crippen LogP contribution >= 0.6 is 0 Å². The Labute approximate surface area is 168 Å². The maximum atomic E-state index is 12.7. The number of alkyl halides is 3. The van der Waals surface area contributed by atoms with Crippen LogP contribution in [0.5, 0.6) is 0 Å². The number of aryl methyl sites for hydroxylation is 1. The highest BCUT2D eigenvalue weighted by Crippen LogP contribution is 2.29. The van der Waals surface area contributed by atoms with Gasteiger partial charge in [-0.15, -0.1) is 0 Å². The standard InChI is InChI=1S/C22H25F3N2O2/c1-13(2)19(27-20(28)18-8-6-5-7-14(18)3)21(29)26-15(4)16-9-11-17(12-10-16)22(23,24)25/h5-13,15,19H,1-4H3,(H,26,29)(H,27,28)/t15-,19+/m0/s1. The minimum atomic E-state index is -4.41. The van der Waals surface area contributed by atoms with E-state index in [0.717, 1.165) is 17.7 Å². The highest BCUT2D eigenvalue weighted by molar-refractivity contribution is 5.98. The molecule has 0 heterocycles. The van der Waals surface area contributed by atoms with Crippen molar-refractivity contribution in [2.75, 3.05) is 0 Å². The summed E-state index contributed by atoms with van der Waals surface area (Å²) in [5.41, 5.74) is 1.08. The molecule has 0 aromatic heterocycles. The maximum absolute atomic E-state index is 12.7. The van der Waals surface area contributed by atoms with Crippen LogP contribution in [0.2, 0.25) is 0 Å². The Hall–Kier alpha value is -2.83. The lowest BCUT2D eigenvalue weighted by atomic mass is 10.0. The summed E-state index contributed by atoms with van der Waals surface area (Å²) in [5.74, 6) is -0.920. The second kappa shape index (κ2) is 9.11. The average molecular weight is 406 g/mol. The van der Waals surface area contributed by atoms with Crippen molar-refractivity contribution >= 4 is 11.8 Å². The molecule has 0 aliphatic rings. The SMILES string of the molecule is Cc1ccccc1C(=O)N[C@@H](C(=O)N[C@@H](C)c1ccc(C(F)(F)F)cc1)C(C)C. The second-order valence-electron chi connectivity index (χ2n) is 7.36. The van der Waals surface area contributed by atoms with E-state index in [1.807, 2.05) is 32.9 Å². The van der Waals surface area contributed by atoms with E-state index in [2.05, 4.69) is 10.6 Å². The van der Waals surface area contributed by atoms with Gasteiger partial charge in [0.1, 0.15) is 6.04 Å². The van der Waals surface area contributed by atoms with Crippen LogP contribution in [0.3, 0.4) is 0 Å². The molecule has 0 spiro atoms. The Balaban J connectivity index is 2.09. The zero-order valence-corrected chi connectivity index (χ0v) is 16.8. The molecule has 156 valence electrons. The van der Waals surface area contributed by atoms with Gasteiger partial charge in [0.05, 0.1) is 11.6 Å². The van der Waals surface area contributed by atoms with Crippen molar-refractivity contribution < 1.29 is 22.8 Å². The Kier molecular flexibility index (Phi) is 7.06. The predicted octanol–water partition coefficient (Wildman–Crippen LogP) is 4.65. The Morgan fingerprint density at radius 2 is 1.48 bits per heavy atom. The fourth-order valence-corrected chi connectivity index (χ4v) is 2.93. The third kappa shape index (κ3) is 5.82. The quantitative estimate of drug-likeness (QED) is 0.734. The molecule has 0 fully saturated rings. The van der Waals surface area contributed by atoms with Crippen molar-refractivity contribution in [1.82, 2.24) is 10.6 Å². The molecule has 2 aromatic carbocycles. The molecule has 0 saturated carbocycles. The van der Waals surface area contributed by atoms with Crippen LogP contribution in [0, 0.1) is 12.8 Å². The first-order valence-corrected chi connectivity index (χ1v) is 9.34. The van der Waals surface area contributed by atoms with Crippen molar-refractivity contribution in [2.45, 2.75) is 46.0 Å². The van der Waals surface area contributed by atoms with Gasteiger partial charge in [0, 0.05) is 5.56 Å². The molecule has 0 unspecified atom stereocenters. The van der Waals surface area contributed by atoms with Gasteiger partial charge in [0.2, 0.25) is 5.91 Å². The Bertz CT molecular complexity index is 861. The molecular formula is C22H25F3N2O2. The molecule has 0 aliphatic carbocycles. The van der Waals surface area contributed by atoms with E-state index < -0.39 is 29.7 Å². The molecule has 4 nitrogen and oxygen atoms in total. The number of carbonyl (C=O) groups excluding carboxylic acids is 2. The van der Waals surface area contributed by atoms with Crippen LogP contribution in [0.25, 0.3) is 0 Å². The van der Waals surface area contributed by atoms with Crippen LogP contribution in [0.1, 0.15) is 53.9 Å². The van der Waals surface area contributed by atoms with Gasteiger partial charge < -0.3 is 10.6 Å². The molecule has 2 amide bonds. The van der Waals surface area contributed by atoms with Crippen molar-refractivity contribution in [3.05, 3.63) is 70.8 Å². The monoisotopic (exact) mass is 406 g/mol. The number of carbonyl (C=O) groups is 2. The summed E-state index contributed by atoms with van der Waals surface area (Å²) < 4.78 is 38.1. The highest BCUT2D eigenvalue weighted by atomic mass is 19.4. The molecule has 2 N–H and O–H groups in total. The summed E-state index contributed by atoms with van der Waals surface area (Å²) in [4.78, 5) is 25.3. The minimum Gasteiger partial charge on any atom is -0.348 e. The van der Waals surface area contributed by atoms with E-state index >= 15 is 0 Å². The summed E-state index contributed by atoms with van der Waals surface area (Å²) >= 11 is 0. The number of amides is 2. The largest absolute Gasteiger partial charge is 0.416 e. The van der Waals surface area contributed by atoms with E-state index in [-0.39, 0.29) is 11.8 Å². The Morgan fingerprint density at radius 1 is 0.897 bits per heavy atom. The van der Waals surface area contributed by atoms with Crippen LogP contribution in [-0.2, 0) is 11.0 Å². The van der Waals surface area contributed by atoms with Crippen LogP contribution in [0.4, 0.5) is 13.2 Å². The van der Waals surface area contributed by atoms with Gasteiger partial charge in [-0.1, -0.05) is 44.2 Å². The van der Waals surface area contributed by atoms with Gasteiger partial charge in [0.15, 0.2) is 0 Å². The number of halogens is 3.